The van der Waals surface area contributed by atoms with Crippen LogP contribution in [0.5, 0.6) is 0 Å². The van der Waals surface area contributed by atoms with Gasteiger partial charge in [0.1, 0.15) is 0 Å². The largest absolute Gasteiger partial charge is 0.466 e. The van der Waals surface area contributed by atoms with Gasteiger partial charge in [-0.15, -0.1) is 0 Å². The fourth-order valence-corrected chi connectivity index (χ4v) is 10.7. The fourth-order valence-electron chi connectivity index (χ4n) is 10.7. The lowest BCUT2D eigenvalue weighted by atomic mass is 10.0. The first-order chi connectivity index (χ1) is 37.5. The minimum Gasteiger partial charge on any atom is -0.466 e. The highest BCUT2D eigenvalue weighted by molar-refractivity contribution is 5.76. The average Bonchev–Trinajstić information content (AvgIpc) is 3.42. The second-order valence-electron chi connectivity index (χ2n) is 23.5. The minimum atomic E-state index is -0.844. The first-order valence-corrected chi connectivity index (χ1v) is 34.3. The Morgan fingerprint density at radius 3 is 1.03 bits per heavy atom. The Bertz CT molecular complexity index is 1230. The van der Waals surface area contributed by atoms with Gasteiger partial charge in [0.05, 0.1) is 25.4 Å². The zero-order valence-electron chi connectivity index (χ0n) is 51.3. The van der Waals surface area contributed by atoms with Gasteiger partial charge in [0, 0.05) is 12.8 Å². The van der Waals surface area contributed by atoms with E-state index in [9.17, 15) is 19.8 Å². The normalized spacial score (nSPS) is 12.7. The van der Waals surface area contributed by atoms with Crippen LogP contribution in [0.1, 0.15) is 373 Å². The van der Waals surface area contributed by atoms with Gasteiger partial charge in [0.15, 0.2) is 0 Å². The van der Waals surface area contributed by atoms with Gasteiger partial charge in [-0.1, -0.05) is 333 Å². The van der Waals surface area contributed by atoms with E-state index in [1.54, 1.807) is 6.08 Å². The van der Waals surface area contributed by atoms with Gasteiger partial charge in [-0.3, -0.25) is 9.59 Å². The zero-order valence-corrected chi connectivity index (χ0v) is 51.3. The van der Waals surface area contributed by atoms with Crippen LogP contribution in [0.3, 0.4) is 0 Å². The maximum Gasteiger partial charge on any atom is 0.305 e. The molecule has 0 rings (SSSR count). The van der Waals surface area contributed by atoms with Crippen molar-refractivity contribution in [3.05, 3.63) is 36.5 Å². The molecule has 0 aromatic heterocycles. The van der Waals surface area contributed by atoms with Gasteiger partial charge in [-0.05, 0) is 64.2 Å². The Labute approximate surface area is 474 Å². The number of hydrogen-bond donors (Lipinski definition) is 3. The number of aliphatic hydroxyl groups excluding tert-OH is 2. The molecule has 0 heterocycles. The van der Waals surface area contributed by atoms with E-state index >= 15 is 0 Å². The van der Waals surface area contributed by atoms with E-state index in [-0.39, 0.29) is 18.5 Å². The molecule has 0 saturated carbocycles. The Balaban J connectivity index is 3.39. The molecule has 0 aliphatic heterocycles. The SMILES string of the molecule is CCCCC/C=C\C/C=C\CCCCCCCC(=O)OCCCCCCCCCCCCCCCCCCCCCCCCCCCC(=O)NC(CO)C(O)/C=C/CCCCCCCCCCCCCCCCCCC. The van der Waals surface area contributed by atoms with Crippen LogP contribution < -0.4 is 5.32 Å². The summed E-state index contributed by atoms with van der Waals surface area (Å²) in [6.07, 6.45) is 83.5. The van der Waals surface area contributed by atoms with Gasteiger partial charge in [-0.2, -0.15) is 0 Å². The number of unbranched alkanes of at least 4 members (excludes halogenated alkanes) is 49. The van der Waals surface area contributed by atoms with E-state index in [4.69, 9.17) is 4.74 Å². The van der Waals surface area contributed by atoms with E-state index < -0.39 is 12.1 Å². The molecule has 76 heavy (non-hydrogen) atoms. The number of hydrogen-bond acceptors (Lipinski definition) is 5. The van der Waals surface area contributed by atoms with E-state index in [2.05, 4.69) is 43.5 Å². The summed E-state index contributed by atoms with van der Waals surface area (Å²) in [5.74, 6) is -0.0610. The molecule has 0 aliphatic rings. The third kappa shape index (κ3) is 61.3. The highest BCUT2D eigenvalue weighted by atomic mass is 16.5. The lowest BCUT2D eigenvalue weighted by Gasteiger charge is -2.20. The predicted octanol–water partition coefficient (Wildman–Crippen LogP) is 21.9. The molecule has 0 fully saturated rings. The lowest BCUT2D eigenvalue weighted by Crippen LogP contribution is -2.45. The van der Waals surface area contributed by atoms with E-state index in [1.807, 2.05) is 6.08 Å². The number of rotatable bonds is 64. The third-order valence-electron chi connectivity index (χ3n) is 15.9. The smallest absolute Gasteiger partial charge is 0.305 e. The molecule has 2 atom stereocenters. The number of esters is 1. The van der Waals surface area contributed by atoms with Gasteiger partial charge < -0.3 is 20.3 Å². The van der Waals surface area contributed by atoms with Crippen molar-refractivity contribution in [2.45, 2.75) is 386 Å². The molecule has 0 spiro atoms. The van der Waals surface area contributed by atoms with Crippen molar-refractivity contribution < 1.29 is 24.5 Å². The minimum absolute atomic E-state index is 0.00228. The molecule has 1 amide bonds. The number of allylic oxidation sites excluding steroid dienone is 5. The summed E-state index contributed by atoms with van der Waals surface area (Å²) in [5, 5.41) is 23.2. The summed E-state index contributed by atoms with van der Waals surface area (Å²) in [7, 11) is 0. The topological polar surface area (TPSA) is 95.9 Å². The summed E-state index contributed by atoms with van der Waals surface area (Å²) in [4.78, 5) is 24.6. The first kappa shape index (κ1) is 74.1. The molecular weight excluding hydrogens is 935 g/mol. The summed E-state index contributed by atoms with van der Waals surface area (Å²) >= 11 is 0. The summed E-state index contributed by atoms with van der Waals surface area (Å²) in [5.41, 5.74) is 0. The van der Waals surface area contributed by atoms with Gasteiger partial charge >= 0.3 is 5.97 Å². The molecule has 0 aliphatic carbocycles. The number of carbonyl (C=O) groups excluding carboxylic acids is 2. The zero-order chi connectivity index (χ0) is 55.0. The van der Waals surface area contributed by atoms with Crippen molar-refractivity contribution in [1.29, 1.82) is 0 Å². The molecule has 6 nitrogen and oxygen atoms in total. The van der Waals surface area contributed by atoms with Gasteiger partial charge in [-0.25, -0.2) is 0 Å². The van der Waals surface area contributed by atoms with Crippen LogP contribution in [-0.4, -0.2) is 47.4 Å². The molecule has 0 aromatic carbocycles. The molecule has 2 unspecified atom stereocenters. The molecular formula is C70H133NO5. The average molecular weight is 1070 g/mol. The van der Waals surface area contributed by atoms with E-state index in [1.165, 1.54) is 295 Å². The monoisotopic (exact) mass is 1070 g/mol. The molecule has 0 aromatic rings. The Hall–Kier alpha value is -1.92. The maximum atomic E-state index is 12.5. The molecule has 448 valence electrons. The van der Waals surface area contributed by atoms with Crippen LogP contribution in [0.4, 0.5) is 0 Å². The highest BCUT2D eigenvalue weighted by Gasteiger charge is 2.18. The molecule has 6 heteroatoms. The number of amides is 1. The quantitative estimate of drug-likeness (QED) is 0.0320. The van der Waals surface area contributed by atoms with Crippen LogP contribution in [0.25, 0.3) is 0 Å². The third-order valence-corrected chi connectivity index (χ3v) is 15.9. The van der Waals surface area contributed by atoms with Crippen LogP contribution in [-0.2, 0) is 14.3 Å². The molecule has 3 N–H and O–H groups in total. The van der Waals surface area contributed by atoms with Gasteiger partial charge in [0.2, 0.25) is 5.91 Å². The van der Waals surface area contributed by atoms with Crippen LogP contribution >= 0.6 is 0 Å². The Kier molecular flexibility index (Phi) is 63.9. The van der Waals surface area contributed by atoms with Crippen molar-refractivity contribution in [1.82, 2.24) is 5.32 Å². The standard InChI is InChI=1S/C70H133NO5/c1-3-5-7-9-11-13-15-17-19-20-28-31-35-38-42-46-50-54-58-62-68(73)67(66-72)71-69(74)63-59-55-51-47-43-39-36-32-29-26-24-22-21-23-25-27-30-33-37-41-45-49-53-57-61-65-76-70(75)64-60-56-52-48-44-40-34-18-16-14-12-10-8-6-4-2/h12,14,18,34,58,62,67-68,72-73H,3-11,13,15-17,19-33,35-57,59-61,63-66H2,1-2H3,(H,71,74)/b14-12-,34-18-,62-58+. The van der Waals surface area contributed by atoms with Crippen LogP contribution in [0, 0.1) is 0 Å². The highest BCUT2D eigenvalue weighted by Crippen LogP contribution is 2.18. The maximum absolute atomic E-state index is 12.5. The van der Waals surface area contributed by atoms with Crippen molar-refractivity contribution in [3.63, 3.8) is 0 Å². The second kappa shape index (κ2) is 65.6. The predicted molar refractivity (Wildman–Crippen MR) is 333 cm³/mol. The van der Waals surface area contributed by atoms with Crippen LogP contribution in [0.2, 0.25) is 0 Å². The van der Waals surface area contributed by atoms with Gasteiger partial charge in [0.25, 0.3) is 0 Å². The molecule has 0 radical (unpaired) electrons. The van der Waals surface area contributed by atoms with E-state index in [0.29, 0.717) is 19.4 Å². The summed E-state index contributed by atoms with van der Waals surface area (Å²) < 4.78 is 5.48. The Morgan fingerprint density at radius 2 is 0.658 bits per heavy atom. The number of ether oxygens (including phenoxy) is 1. The van der Waals surface area contributed by atoms with Crippen LogP contribution in [0.15, 0.2) is 36.5 Å². The lowest BCUT2D eigenvalue weighted by molar-refractivity contribution is -0.143. The van der Waals surface area contributed by atoms with Crippen molar-refractivity contribution in [3.8, 4) is 0 Å². The number of aliphatic hydroxyl groups is 2. The first-order valence-electron chi connectivity index (χ1n) is 34.3. The summed E-state index contributed by atoms with van der Waals surface area (Å²) in [6, 6.07) is -0.627. The molecule has 0 bridgehead atoms. The van der Waals surface area contributed by atoms with Crippen molar-refractivity contribution in [2.24, 2.45) is 0 Å². The van der Waals surface area contributed by atoms with E-state index in [0.717, 1.165) is 51.4 Å². The van der Waals surface area contributed by atoms with Crippen molar-refractivity contribution in [2.75, 3.05) is 13.2 Å². The summed E-state index contributed by atoms with van der Waals surface area (Å²) in [6.45, 7) is 4.90. The molecule has 0 saturated heterocycles. The van der Waals surface area contributed by atoms with Crippen molar-refractivity contribution >= 4 is 11.9 Å². The Morgan fingerprint density at radius 1 is 0.368 bits per heavy atom. The fraction of sp³-hybridized carbons (Fsp3) is 0.886. The number of carbonyl (C=O) groups is 2. The second-order valence-corrected chi connectivity index (χ2v) is 23.5. The number of nitrogens with one attached hydrogen (secondary N) is 1.